The van der Waals surface area contributed by atoms with Crippen LogP contribution in [0.15, 0.2) is 24.5 Å². The van der Waals surface area contributed by atoms with Crippen molar-refractivity contribution in [2.75, 3.05) is 25.6 Å². The molecule has 1 heterocycles. The fourth-order valence-corrected chi connectivity index (χ4v) is 2.36. The van der Waals surface area contributed by atoms with E-state index in [2.05, 4.69) is 29.3 Å². The molecule has 0 bridgehead atoms. The van der Waals surface area contributed by atoms with Crippen LogP contribution in [0.3, 0.4) is 0 Å². The summed E-state index contributed by atoms with van der Waals surface area (Å²) < 4.78 is 0. The Hall–Kier alpha value is -0.580. The van der Waals surface area contributed by atoms with E-state index < -0.39 is 0 Å². The Morgan fingerprint density at radius 3 is 2.81 bits per heavy atom. The highest BCUT2D eigenvalue weighted by Gasteiger charge is 2.20. The van der Waals surface area contributed by atoms with Crippen LogP contribution in [0, 0.1) is 0 Å². The molecule has 0 fully saturated rings. The molecule has 2 atom stereocenters. The van der Waals surface area contributed by atoms with E-state index in [0.29, 0.717) is 0 Å². The third kappa shape index (κ3) is 3.77. The van der Waals surface area contributed by atoms with Gasteiger partial charge in [-0.2, -0.15) is 11.8 Å². The number of nitrogens with two attached hydrogens (primary N) is 1. The molecule has 1 aromatic rings. The average molecular weight is 239 g/mol. The summed E-state index contributed by atoms with van der Waals surface area (Å²) in [6.45, 7) is 3.09. The van der Waals surface area contributed by atoms with Gasteiger partial charge >= 0.3 is 0 Å². The second-order valence-electron chi connectivity index (χ2n) is 4.06. The number of pyridine rings is 1. The molecule has 0 spiro atoms. The fourth-order valence-electron chi connectivity index (χ4n) is 1.88. The Bertz CT molecular complexity index is 290. The van der Waals surface area contributed by atoms with Crippen LogP contribution in [-0.2, 0) is 0 Å². The molecule has 0 amide bonds. The lowest BCUT2D eigenvalue weighted by Crippen LogP contribution is -2.38. The summed E-state index contributed by atoms with van der Waals surface area (Å²) in [7, 11) is 2.12. The van der Waals surface area contributed by atoms with Crippen LogP contribution in [0.2, 0.25) is 0 Å². The second kappa shape index (κ2) is 6.89. The molecule has 0 aliphatic carbocycles. The van der Waals surface area contributed by atoms with Crippen LogP contribution in [0.25, 0.3) is 0 Å². The summed E-state index contributed by atoms with van der Waals surface area (Å²) in [4.78, 5) is 6.47. The van der Waals surface area contributed by atoms with Gasteiger partial charge in [0, 0.05) is 30.7 Å². The fraction of sp³-hybridized carbons (Fsp3) is 0.583. The van der Waals surface area contributed by atoms with Crippen LogP contribution in [0.4, 0.5) is 0 Å². The minimum absolute atomic E-state index is 0.107. The molecule has 90 valence electrons. The Balaban J connectivity index is 2.75. The van der Waals surface area contributed by atoms with E-state index in [-0.39, 0.29) is 12.1 Å². The number of rotatable bonds is 6. The zero-order valence-corrected chi connectivity index (χ0v) is 11.1. The number of hydrogen-bond acceptors (Lipinski definition) is 4. The lowest BCUT2D eigenvalue weighted by molar-refractivity contribution is 0.231. The standard InChI is InChI=1S/C12H21N3S/c1-10(13)12(15(2)7-8-16-3)11-5-4-6-14-9-11/h4-6,9-10,12H,7-8,13H2,1-3H3. The Kier molecular flexibility index (Phi) is 5.80. The first kappa shape index (κ1) is 13.5. The van der Waals surface area contributed by atoms with E-state index >= 15 is 0 Å². The predicted molar refractivity (Wildman–Crippen MR) is 71.6 cm³/mol. The van der Waals surface area contributed by atoms with Crippen molar-refractivity contribution in [3.63, 3.8) is 0 Å². The summed E-state index contributed by atoms with van der Waals surface area (Å²) in [5.41, 5.74) is 7.26. The lowest BCUT2D eigenvalue weighted by atomic mass is 10.0. The Labute approximate surface area is 102 Å². The maximum absolute atomic E-state index is 6.07. The van der Waals surface area contributed by atoms with Crippen LogP contribution in [0.1, 0.15) is 18.5 Å². The van der Waals surface area contributed by atoms with Gasteiger partial charge in [-0.15, -0.1) is 0 Å². The van der Waals surface area contributed by atoms with Gasteiger partial charge in [0.15, 0.2) is 0 Å². The van der Waals surface area contributed by atoms with E-state index in [4.69, 9.17) is 5.73 Å². The SMILES string of the molecule is CSCCN(C)C(c1cccnc1)C(C)N. The molecule has 2 N–H and O–H groups in total. The molecule has 0 aliphatic heterocycles. The van der Waals surface area contributed by atoms with Gasteiger partial charge in [0.2, 0.25) is 0 Å². The molecular weight excluding hydrogens is 218 g/mol. The van der Waals surface area contributed by atoms with Crippen LogP contribution in [-0.4, -0.2) is 41.5 Å². The molecule has 0 saturated heterocycles. The smallest absolute Gasteiger partial charge is 0.0509 e. The van der Waals surface area contributed by atoms with E-state index in [9.17, 15) is 0 Å². The zero-order valence-electron chi connectivity index (χ0n) is 10.3. The second-order valence-corrected chi connectivity index (χ2v) is 5.05. The molecular formula is C12H21N3S. The third-order valence-corrected chi connectivity index (χ3v) is 3.24. The molecule has 4 heteroatoms. The van der Waals surface area contributed by atoms with Crippen molar-refractivity contribution in [1.82, 2.24) is 9.88 Å². The number of nitrogens with zero attached hydrogens (tertiary/aromatic N) is 2. The molecule has 16 heavy (non-hydrogen) atoms. The number of thioether (sulfide) groups is 1. The molecule has 0 saturated carbocycles. The number of hydrogen-bond donors (Lipinski definition) is 1. The quantitative estimate of drug-likeness (QED) is 0.821. The van der Waals surface area contributed by atoms with Gasteiger partial charge in [0.05, 0.1) is 6.04 Å². The van der Waals surface area contributed by atoms with Gasteiger partial charge in [-0.05, 0) is 31.9 Å². The summed E-state index contributed by atoms with van der Waals surface area (Å²) in [5.74, 6) is 1.12. The van der Waals surface area contributed by atoms with E-state index in [1.807, 2.05) is 30.9 Å². The van der Waals surface area contributed by atoms with Crippen LogP contribution < -0.4 is 5.73 Å². The third-order valence-electron chi connectivity index (χ3n) is 2.65. The number of likely N-dealkylation sites (N-methyl/N-ethyl adjacent to an activating group) is 1. The topological polar surface area (TPSA) is 42.2 Å². The van der Waals surface area contributed by atoms with E-state index in [1.54, 1.807) is 6.20 Å². The van der Waals surface area contributed by atoms with Gasteiger partial charge in [-0.25, -0.2) is 0 Å². The van der Waals surface area contributed by atoms with Gasteiger partial charge in [-0.1, -0.05) is 6.07 Å². The van der Waals surface area contributed by atoms with Crippen LogP contribution in [0.5, 0.6) is 0 Å². The Morgan fingerprint density at radius 1 is 1.56 bits per heavy atom. The monoisotopic (exact) mass is 239 g/mol. The minimum Gasteiger partial charge on any atom is -0.326 e. The zero-order chi connectivity index (χ0) is 12.0. The molecule has 0 aromatic carbocycles. The first-order chi connectivity index (χ1) is 7.66. The Morgan fingerprint density at radius 2 is 2.31 bits per heavy atom. The summed E-state index contributed by atoms with van der Waals surface area (Å²) >= 11 is 1.86. The summed E-state index contributed by atoms with van der Waals surface area (Å²) in [5, 5.41) is 0. The van der Waals surface area contributed by atoms with Gasteiger partial charge < -0.3 is 5.73 Å². The minimum atomic E-state index is 0.107. The van der Waals surface area contributed by atoms with Crippen molar-refractivity contribution >= 4 is 11.8 Å². The highest BCUT2D eigenvalue weighted by Crippen LogP contribution is 2.21. The highest BCUT2D eigenvalue weighted by atomic mass is 32.2. The summed E-state index contributed by atoms with van der Waals surface area (Å²) in [6, 6.07) is 4.42. The molecule has 1 rings (SSSR count). The van der Waals surface area contributed by atoms with Gasteiger partial charge in [0.25, 0.3) is 0 Å². The maximum atomic E-state index is 6.07. The van der Waals surface area contributed by atoms with Crippen molar-refractivity contribution in [2.24, 2.45) is 5.73 Å². The molecule has 3 nitrogen and oxygen atoms in total. The lowest BCUT2D eigenvalue weighted by Gasteiger charge is -2.31. The molecule has 0 aliphatic rings. The average Bonchev–Trinajstić information content (AvgIpc) is 2.27. The predicted octanol–water partition coefficient (Wildman–Crippen LogP) is 1.76. The van der Waals surface area contributed by atoms with Crippen molar-refractivity contribution in [3.8, 4) is 0 Å². The highest BCUT2D eigenvalue weighted by molar-refractivity contribution is 7.98. The van der Waals surface area contributed by atoms with Crippen LogP contribution >= 0.6 is 11.8 Å². The largest absolute Gasteiger partial charge is 0.326 e. The van der Waals surface area contributed by atoms with Gasteiger partial charge in [-0.3, -0.25) is 9.88 Å². The summed E-state index contributed by atoms with van der Waals surface area (Å²) in [6.07, 6.45) is 5.83. The molecule has 1 aromatic heterocycles. The normalized spacial score (nSPS) is 15.1. The van der Waals surface area contributed by atoms with E-state index in [1.165, 1.54) is 5.56 Å². The first-order valence-electron chi connectivity index (χ1n) is 5.51. The first-order valence-corrected chi connectivity index (χ1v) is 6.91. The molecule has 2 unspecified atom stereocenters. The van der Waals surface area contributed by atoms with Crippen molar-refractivity contribution in [2.45, 2.75) is 19.0 Å². The van der Waals surface area contributed by atoms with Crippen molar-refractivity contribution < 1.29 is 0 Å². The van der Waals surface area contributed by atoms with Crippen molar-refractivity contribution in [1.29, 1.82) is 0 Å². The molecule has 0 radical (unpaired) electrons. The van der Waals surface area contributed by atoms with E-state index in [0.717, 1.165) is 12.3 Å². The maximum Gasteiger partial charge on any atom is 0.0509 e. The van der Waals surface area contributed by atoms with Gasteiger partial charge in [0.1, 0.15) is 0 Å². The number of aromatic nitrogens is 1. The van der Waals surface area contributed by atoms with Crippen molar-refractivity contribution in [3.05, 3.63) is 30.1 Å².